The van der Waals surface area contributed by atoms with Crippen LogP contribution >= 0.6 is 0 Å². The van der Waals surface area contributed by atoms with Gasteiger partial charge in [-0.3, -0.25) is 14.4 Å². The molecule has 3 unspecified atom stereocenters. The van der Waals surface area contributed by atoms with E-state index in [1.165, 1.54) is 0 Å². The molecule has 0 aliphatic carbocycles. The molecule has 0 aromatic carbocycles. The molecule has 3 aliphatic rings. The summed E-state index contributed by atoms with van der Waals surface area (Å²) >= 11 is 0. The number of fused-ring (bicyclic) bond motifs is 1. The van der Waals surface area contributed by atoms with Crippen molar-refractivity contribution in [3.63, 3.8) is 0 Å². The molecule has 0 aromatic heterocycles. The zero-order chi connectivity index (χ0) is 28.5. The molecule has 1 N–H and O–H groups in total. The van der Waals surface area contributed by atoms with Crippen LogP contribution in [-0.2, 0) is 19.1 Å². The molecule has 3 aliphatic heterocycles. The van der Waals surface area contributed by atoms with Crippen LogP contribution in [0.25, 0.3) is 0 Å². The summed E-state index contributed by atoms with van der Waals surface area (Å²) in [7, 11) is 0. The van der Waals surface area contributed by atoms with E-state index >= 15 is 0 Å². The van der Waals surface area contributed by atoms with E-state index in [1.807, 2.05) is 34.6 Å². The van der Waals surface area contributed by atoms with Crippen molar-refractivity contribution in [1.29, 1.82) is 0 Å². The Labute approximate surface area is 229 Å². The van der Waals surface area contributed by atoms with Gasteiger partial charge in [0.05, 0.1) is 17.4 Å². The number of rotatable bonds is 13. The van der Waals surface area contributed by atoms with Crippen LogP contribution in [0.2, 0.25) is 0 Å². The number of amides is 3. The summed E-state index contributed by atoms with van der Waals surface area (Å²) in [5.41, 5.74) is -2.39. The van der Waals surface area contributed by atoms with E-state index in [1.54, 1.807) is 26.9 Å². The van der Waals surface area contributed by atoms with Crippen LogP contribution in [0.1, 0.15) is 73.6 Å². The SMILES string of the molecule is C=CCN(CCC)C(=O)[C@@H]1[C@H]2C(=O)N(CCCCCO)C(C(=O)N(CC=C)C(C)(C)C)C23CC(C)[C@@]1(C)O3. The summed E-state index contributed by atoms with van der Waals surface area (Å²) in [5, 5.41) is 9.26. The Morgan fingerprint density at radius 2 is 1.82 bits per heavy atom. The van der Waals surface area contributed by atoms with Gasteiger partial charge < -0.3 is 24.5 Å². The monoisotopic (exact) mass is 531 g/mol. The van der Waals surface area contributed by atoms with Crippen molar-refractivity contribution in [2.75, 3.05) is 32.8 Å². The molecule has 3 saturated heterocycles. The maximum Gasteiger partial charge on any atom is 0.249 e. The number of aliphatic hydroxyl groups excluding tert-OH is 1. The molecule has 3 rings (SSSR count). The van der Waals surface area contributed by atoms with E-state index < -0.39 is 34.6 Å². The third-order valence-corrected chi connectivity index (χ3v) is 8.91. The first-order valence-corrected chi connectivity index (χ1v) is 14.3. The molecule has 0 radical (unpaired) electrons. The molecule has 8 nitrogen and oxygen atoms in total. The Balaban J connectivity index is 2.12. The summed E-state index contributed by atoms with van der Waals surface area (Å²) in [4.78, 5) is 48.1. The molecule has 38 heavy (non-hydrogen) atoms. The average Bonchev–Trinajstić information content (AvgIpc) is 3.35. The highest BCUT2D eigenvalue weighted by Gasteiger charge is 2.80. The van der Waals surface area contributed by atoms with E-state index in [2.05, 4.69) is 20.1 Å². The molecule has 3 heterocycles. The first kappa shape index (κ1) is 30.4. The smallest absolute Gasteiger partial charge is 0.249 e. The van der Waals surface area contributed by atoms with Crippen LogP contribution in [0.4, 0.5) is 0 Å². The molecular formula is C30H49N3O5. The molecule has 3 amide bonds. The number of hydrogen-bond acceptors (Lipinski definition) is 5. The molecule has 1 spiro atoms. The van der Waals surface area contributed by atoms with Gasteiger partial charge in [-0.2, -0.15) is 0 Å². The topological polar surface area (TPSA) is 90.4 Å². The van der Waals surface area contributed by atoms with Crippen molar-refractivity contribution in [3.8, 4) is 0 Å². The Hall–Kier alpha value is -2.19. The van der Waals surface area contributed by atoms with E-state index in [9.17, 15) is 19.5 Å². The predicted octanol–water partition coefficient (Wildman–Crippen LogP) is 3.40. The second-order valence-corrected chi connectivity index (χ2v) is 12.5. The Morgan fingerprint density at radius 1 is 1.16 bits per heavy atom. The summed E-state index contributed by atoms with van der Waals surface area (Å²) < 4.78 is 6.88. The van der Waals surface area contributed by atoms with Crippen molar-refractivity contribution < 1.29 is 24.2 Å². The van der Waals surface area contributed by atoms with Gasteiger partial charge in [-0.25, -0.2) is 0 Å². The van der Waals surface area contributed by atoms with Gasteiger partial charge >= 0.3 is 0 Å². The first-order valence-electron chi connectivity index (χ1n) is 14.3. The molecule has 0 aromatic rings. The highest BCUT2D eigenvalue weighted by molar-refractivity contribution is 5.99. The zero-order valence-electron chi connectivity index (χ0n) is 24.4. The van der Waals surface area contributed by atoms with E-state index in [4.69, 9.17) is 4.74 Å². The second-order valence-electron chi connectivity index (χ2n) is 12.5. The molecule has 0 saturated carbocycles. The van der Waals surface area contributed by atoms with Gasteiger partial charge in [0.2, 0.25) is 17.7 Å². The molecule has 214 valence electrons. The van der Waals surface area contributed by atoms with Gasteiger partial charge in [-0.15, -0.1) is 13.2 Å². The number of likely N-dealkylation sites (tertiary alicyclic amines) is 1. The van der Waals surface area contributed by atoms with Crippen molar-refractivity contribution >= 4 is 17.7 Å². The number of aliphatic hydroxyl groups is 1. The lowest BCUT2D eigenvalue weighted by Gasteiger charge is -2.42. The number of unbranched alkanes of at least 4 members (excludes halogenated alkanes) is 2. The second kappa shape index (κ2) is 11.5. The number of hydrogen-bond donors (Lipinski definition) is 1. The summed E-state index contributed by atoms with van der Waals surface area (Å²) in [6, 6.07) is -0.811. The number of nitrogens with zero attached hydrogens (tertiary/aromatic N) is 3. The van der Waals surface area contributed by atoms with Gasteiger partial charge in [0.1, 0.15) is 11.6 Å². The normalized spacial score (nSPS) is 31.9. The maximum atomic E-state index is 14.4. The minimum absolute atomic E-state index is 0.000150. The quantitative estimate of drug-likeness (QED) is 0.291. The number of ether oxygens (including phenoxy) is 1. The third kappa shape index (κ3) is 4.94. The Bertz CT molecular complexity index is 929. The van der Waals surface area contributed by atoms with Gasteiger partial charge in [0.25, 0.3) is 0 Å². The van der Waals surface area contributed by atoms with Gasteiger partial charge in [0.15, 0.2) is 0 Å². The minimum atomic E-state index is -1.06. The summed E-state index contributed by atoms with van der Waals surface area (Å²) in [6.45, 7) is 21.5. The van der Waals surface area contributed by atoms with E-state index in [0.29, 0.717) is 45.4 Å². The third-order valence-electron chi connectivity index (χ3n) is 8.91. The van der Waals surface area contributed by atoms with Crippen LogP contribution in [0.15, 0.2) is 25.3 Å². The van der Waals surface area contributed by atoms with Gasteiger partial charge in [0, 0.05) is 38.3 Å². The van der Waals surface area contributed by atoms with Crippen LogP contribution in [0.5, 0.6) is 0 Å². The highest BCUT2D eigenvalue weighted by atomic mass is 16.5. The first-order chi connectivity index (χ1) is 17.8. The molecule has 6 atom stereocenters. The molecule has 3 fully saturated rings. The summed E-state index contributed by atoms with van der Waals surface area (Å²) in [6.07, 6.45) is 6.82. The highest BCUT2D eigenvalue weighted by Crippen LogP contribution is 2.65. The number of carbonyl (C=O) groups is 3. The average molecular weight is 532 g/mol. The maximum absolute atomic E-state index is 14.4. The van der Waals surface area contributed by atoms with Crippen LogP contribution in [-0.4, -0.2) is 93.1 Å². The van der Waals surface area contributed by atoms with Crippen molar-refractivity contribution in [2.45, 2.75) is 96.4 Å². The Morgan fingerprint density at radius 3 is 2.37 bits per heavy atom. The zero-order valence-corrected chi connectivity index (χ0v) is 24.4. The van der Waals surface area contributed by atoms with E-state index in [0.717, 1.165) is 12.8 Å². The lowest BCUT2D eigenvalue weighted by Crippen LogP contribution is -2.60. The standard InChI is InChI=1S/C30H49N3O5/c1-9-15-31(16-10-2)25(35)22-23-26(36)32(18-13-12-14-19-34)24(27(37)33(17-11-3)28(5,6)7)30(23)20-21(4)29(22,8)38-30/h9,11,21-24,34H,1,3,10,12-20H2,2,4-8H3/t21?,22-,23-,24?,29+,30?/m0/s1. The van der Waals surface area contributed by atoms with Crippen LogP contribution in [0, 0.1) is 17.8 Å². The largest absolute Gasteiger partial charge is 0.396 e. The Kier molecular flexibility index (Phi) is 9.19. The fraction of sp³-hybridized carbons (Fsp3) is 0.767. The van der Waals surface area contributed by atoms with Crippen molar-refractivity contribution in [1.82, 2.24) is 14.7 Å². The van der Waals surface area contributed by atoms with Crippen LogP contribution in [0.3, 0.4) is 0 Å². The lowest BCUT2D eigenvalue weighted by molar-refractivity contribution is -0.157. The molecule has 2 bridgehead atoms. The lowest BCUT2D eigenvalue weighted by atomic mass is 9.62. The molecular weight excluding hydrogens is 482 g/mol. The van der Waals surface area contributed by atoms with Crippen molar-refractivity contribution in [2.24, 2.45) is 17.8 Å². The minimum Gasteiger partial charge on any atom is -0.396 e. The van der Waals surface area contributed by atoms with Crippen molar-refractivity contribution in [3.05, 3.63) is 25.3 Å². The van der Waals surface area contributed by atoms with E-state index in [-0.39, 0.29) is 30.2 Å². The van der Waals surface area contributed by atoms with Gasteiger partial charge in [-0.05, 0) is 65.7 Å². The molecule has 8 heteroatoms. The fourth-order valence-corrected chi connectivity index (χ4v) is 7.09. The fourth-order valence-electron chi connectivity index (χ4n) is 7.09. The summed E-state index contributed by atoms with van der Waals surface area (Å²) in [5.74, 6) is -1.78. The van der Waals surface area contributed by atoms with Gasteiger partial charge in [-0.1, -0.05) is 26.0 Å². The number of carbonyl (C=O) groups excluding carboxylic acids is 3. The predicted molar refractivity (Wildman–Crippen MR) is 148 cm³/mol. The van der Waals surface area contributed by atoms with Crippen LogP contribution < -0.4 is 0 Å².